The maximum Gasteiger partial charge on any atom is 1.00 e. The summed E-state index contributed by atoms with van der Waals surface area (Å²) in [5.74, 6) is 0. The van der Waals surface area contributed by atoms with E-state index in [-0.39, 0.29) is 58.2 Å². The predicted octanol–water partition coefficient (Wildman–Crippen LogP) is -0.473. The maximum absolute atomic E-state index is 3.73. The molecule has 0 saturated heterocycles. The third-order valence-electron chi connectivity index (χ3n) is 0.958. The third kappa shape index (κ3) is 2.51. The summed E-state index contributed by atoms with van der Waals surface area (Å²) in [7, 11) is 0. The minimum Gasteiger partial charge on any atom is -0.302 e. The first kappa shape index (κ1) is 10.9. The Labute approximate surface area is 114 Å². The average molecular weight is 222 g/mol. The fourth-order valence-corrected chi connectivity index (χ4v) is 1.17. The first-order chi connectivity index (χ1) is 4.38. The topological polar surface area (TPSA) is 12.4 Å². The van der Waals surface area contributed by atoms with Crippen molar-refractivity contribution in [3.05, 3.63) is 22.9 Å². The molecule has 0 spiro atoms. The summed E-state index contributed by atoms with van der Waals surface area (Å²) in [4.78, 5) is 4.77. The van der Waals surface area contributed by atoms with Crippen molar-refractivity contribution in [2.24, 2.45) is 4.99 Å². The van der Waals surface area contributed by atoms with E-state index in [1.165, 1.54) is 0 Å². The van der Waals surface area contributed by atoms with Crippen molar-refractivity contribution in [1.82, 2.24) is 0 Å². The SMILES string of the molecule is C=Cc1sc[c-]c1N=C.[Rb+]. The molecule has 1 heterocycles. The molecule has 10 heavy (non-hydrogen) atoms. The Balaban J connectivity index is 0.000000810. The summed E-state index contributed by atoms with van der Waals surface area (Å²) in [6, 6.07) is 2.92. The molecule has 0 unspecified atom stereocenters. The normalized spacial score (nSPS) is 8.00. The van der Waals surface area contributed by atoms with E-state index in [9.17, 15) is 0 Å². The van der Waals surface area contributed by atoms with Crippen LogP contribution < -0.4 is 58.2 Å². The van der Waals surface area contributed by atoms with E-state index < -0.39 is 0 Å². The molecule has 0 amide bonds. The second-order valence-electron chi connectivity index (χ2n) is 1.46. The monoisotopic (exact) mass is 221 g/mol. The van der Waals surface area contributed by atoms with Crippen LogP contribution in [-0.2, 0) is 0 Å². The molecule has 1 aromatic rings. The van der Waals surface area contributed by atoms with Crippen LogP contribution in [0.2, 0.25) is 0 Å². The maximum atomic E-state index is 3.73. The number of nitrogens with zero attached hydrogens (tertiary/aromatic N) is 1. The van der Waals surface area contributed by atoms with E-state index in [2.05, 4.69) is 24.4 Å². The number of thiophene rings is 1. The largest absolute Gasteiger partial charge is 1.00 e. The van der Waals surface area contributed by atoms with Crippen molar-refractivity contribution in [2.75, 3.05) is 0 Å². The number of rotatable bonds is 2. The molecule has 0 radical (unpaired) electrons. The fraction of sp³-hybridized carbons (Fsp3) is 0. The van der Waals surface area contributed by atoms with Crippen molar-refractivity contribution in [1.29, 1.82) is 0 Å². The van der Waals surface area contributed by atoms with Crippen molar-refractivity contribution in [3.63, 3.8) is 0 Å². The molecule has 1 nitrogen and oxygen atoms in total. The first-order valence-electron chi connectivity index (χ1n) is 2.47. The van der Waals surface area contributed by atoms with Gasteiger partial charge in [-0.2, -0.15) is 0 Å². The molecule has 0 atom stereocenters. The van der Waals surface area contributed by atoms with Crippen LogP contribution in [0.25, 0.3) is 6.08 Å². The number of aliphatic imine (C=N–C) groups is 1. The van der Waals surface area contributed by atoms with Gasteiger partial charge in [-0.15, -0.1) is 18.0 Å². The Kier molecular flexibility index (Phi) is 6.06. The molecule has 0 fully saturated rings. The van der Waals surface area contributed by atoms with Gasteiger partial charge in [-0.1, -0.05) is 10.6 Å². The van der Waals surface area contributed by atoms with Crippen molar-refractivity contribution in [3.8, 4) is 0 Å². The molecule has 0 aromatic carbocycles. The van der Waals surface area contributed by atoms with E-state index in [4.69, 9.17) is 0 Å². The minimum atomic E-state index is 0. The van der Waals surface area contributed by atoms with Gasteiger partial charge in [-0.25, -0.2) is 6.07 Å². The Morgan fingerprint density at radius 3 is 2.80 bits per heavy atom. The Bertz CT molecular complexity index is 207. The third-order valence-corrected chi connectivity index (χ3v) is 1.81. The molecule has 0 aliphatic heterocycles. The van der Waals surface area contributed by atoms with Gasteiger partial charge in [0.15, 0.2) is 0 Å². The Hall–Kier alpha value is 0.915. The van der Waals surface area contributed by atoms with Crippen LogP contribution in [-0.4, -0.2) is 6.72 Å². The molecule has 0 aliphatic carbocycles. The van der Waals surface area contributed by atoms with Crippen LogP contribution in [0, 0.1) is 6.07 Å². The van der Waals surface area contributed by atoms with E-state index in [0.717, 1.165) is 10.6 Å². The van der Waals surface area contributed by atoms with Crippen molar-refractivity contribution >= 4 is 29.8 Å². The summed E-state index contributed by atoms with van der Waals surface area (Å²) >= 11 is 1.57. The molecule has 46 valence electrons. The molecule has 1 aromatic heterocycles. The Morgan fingerprint density at radius 1 is 1.70 bits per heavy atom. The fourth-order valence-electron chi connectivity index (χ4n) is 0.544. The average Bonchev–Trinajstić information content (AvgIpc) is 2.33. The van der Waals surface area contributed by atoms with Gasteiger partial charge in [0.05, 0.1) is 0 Å². The van der Waals surface area contributed by atoms with Crippen LogP contribution in [0.3, 0.4) is 0 Å². The van der Waals surface area contributed by atoms with E-state index in [1.807, 2.05) is 5.38 Å². The molecule has 0 saturated carbocycles. The van der Waals surface area contributed by atoms with Crippen LogP contribution >= 0.6 is 11.3 Å². The minimum absolute atomic E-state index is 0. The zero-order valence-corrected chi connectivity index (χ0v) is 11.7. The van der Waals surface area contributed by atoms with Gasteiger partial charge in [0.1, 0.15) is 0 Å². The van der Waals surface area contributed by atoms with Gasteiger partial charge in [0, 0.05) is 0 Å². The van der Waals surface area contributed by atoms with E-state index in [1.54, 1.807) is 17.4 Å². The van der Waals surface area contributed by atoms with Crippen LogP contribution in [0.4, 0.5) is 5.69 Å². The van der Waals surface area contributed by atoms with Gasteiger partial charge in [0.2, 0.25) is 0 Å². The summed E-state index contributed by atoms with van der Waals surface area (Å²) in [5, 5.41) is 1.85. The number of hydrogen-bond donors (Lipinski definition) is 0. The quantitative estimate of drug-likeness (QED) is 0.473. The summed E-state index contributed by atoms with van der Waals surface area (Å²) < 4.78 is 0. The van der Waals surface area contributed by atoms with Gasteiger partial charge in [-0.05, 0) is 6.72 Å². The molecule has 1 rings (SSSR count). The Morgan fingerprint density at radius 2 is 2.40 bits per heavy atom. The van der Waals surface area contributed by atoms with Gasteiger partial charge in [0.25, 0.3) is 0 Å². The zero-order chi connectivity index (χ0) is 6.69. The molecular formula is C7H6NRbS. The van der Waals surface area contributed by atoms with Crippen LogP contribution in [0.15, 0.2) is 17.0 Å². The molecular weight excluding hydrogens is 216 g/mol. The second-order valence-corrected chi connectivity index (χ2v) is 2.37. The smallest absolute Gasteiger partial charge is 0.302 e. The second kappa shape index (κ2) is 5.55. The molecule has 0 N–H and O–H groups in total. The van der Waals surface area contributed by atoms with Gasteiger partial charge < -0.3 is 4.99 Å². The first-order valence-corrected chi connectivity index (χ1v) is 3.34. The van der Waals surface area contributed by atoms with Crippen molar-refractivity contribution < 1.29 is 58.2 Å². The summed E-state index contributed by atoms with van der Waals surface area (Å²) in [6.07, 6.45) is 1.76. The van der Waals surface area contributed by atoms with E-state index >= 15 is 0 Å². The van der Waals surface area contributed by atoms with Gasteiger partial charge >= 0.3 is 58.2 Å². The number of hydrogen-bond acceptors (Lipinski definition) is 2. The predicted molar refractivity (Wildman–Crippen MR) is 42.5 cm³/mol. The summed E-state index contributed by atoms with van der Waals surface area (Å²) in [6.45, 7) is 7.00. The zero-order valence-electron chi connectivity index (χ0n) is 5.92. The van der Waals surface area contributed by atoms with Gasteiger partial charge in [-0.3, -0.25) is 11.3 Å². The van der Waals surface area contributed by atoms with E-state index in [0.29, 0.717) is 0 Å². The molecule has 3 heteroatoms. The van der Waals surface area contributed by atoms with Crippen molar-refractivity contribution in [2.45, 2.75) is 0 Å². The molecule has 0 aliphatic rings. The molecule has 0 bridgehead atoms. The summed E-state index contributed by atoms with van der Waals surface area (Å²) in [5.41, 5.74) is 0.801. The standard InChI is InChI=1S/C7H6NS.Rb/c1-3-7-6(8-2)4-5-9-7;/h3,5H,1-2H2;/q-1;+1. The van der Waals surface area contributed by atoms with Crippen LogP contribution in [0.5, 0.6) is 0 Å². The van der Waals surface area contributed by atoms with Crippen LogP contribution in [0.1, 0.15) is 4.88 Å².